The van der Waals surface area contributed by atoms with E-state index >= 15 is 0 Å². The molecule has 0 heterocycles. The first kappa shape index (κ1) is 10.3. The standard InChI is InChI=1S/C9H18N2O2/c1-9(2)6(5-7(9)13-4)11-8(12)10-3/h6-7H,5H2,1-4H3,(H2,10,11,12). The zero-order valence-electron chi connectivity index (χ0n) is 8.68. The molecule has 0 radical (unpaired) electrons. The lowest BCUT2D eigenvalue weighted by Gasteiger charge is -2.51. The molecule has 0 aromatic heterocycles. The predicted molar refractivity (Wildman–Crippen MR) is 50.6 cm³/mol. The quantitative estimate of drug-likeness (QED) is 0.668. The Labute approximate surface area is 79.0 Å². The van der Waals surface area contributed by atoms with Crippen molar-refractivity contribution >= 4 is 6.03 Å². The molecule has 1 fully saturated rings. The minimum atomic E-state index is -0.118. The Bertz CT molecular complexity index is 204. The molecule has 0 aromatic carbocycles. The van der Waals surface area contributed by atoms with Crippen molar-refractivity contribution in [1.29, 1.82) is 0 Å². The first-order chi connectivity index (χ1) is 6.02. The first-order valence-electron chi connectivity index (χ1n) is 4.53. The number of carbonyl (C=O) groups excluding carboxylic acids is 1. The maximum atomic E-state index is 11.0. The third-order valence-corrected chi connectivity index (χ3v) is 2.99. The number of hydrogen-bond acceptors (Lipinski definition) is 2. The topological polar surface area (TPSA) is 50.4 Å². The fourth-order valence-corrected chi connectivity index (χ4v) is 1.76. The summed E-state index contributed by atoms with van der Waals surface area (Å²) < 4.78 is 5.28. The average Bonchev–Trinajstić information content (AvgIpc) is 2.10. The van der Waals surface area contributed by atoms with Crippen LogP contribution in [-0.2, 0) is 4.74 Å². The average molecular weight is 186 g/mol. The molecule has 4 nitrogen and oxygen atoms in total. The second-order valence-electron chi connectivity index (χ2n) is 4.06. The molecular formula is C9H18N2O2. The molecule has 1 aliphatic rings. The van der Waals surface area contributed by atoms with Gasteiger partial charge in [-0.3, -0.25) is 0 Å². The van der Waals surface area contributed by atoms with Gasteiger partial charge in [-0.2, -0.15) is 0 Å². The predicted octanol–water partition coefficient (Wildman–Crippen LogP) is 0.729. The highest BCUT2D eigenvalue weighted by atomic mass is 16.5. The molecule has 1 saturated carbocycles. The molecule has 2 atom stereocenters. The Morgan fingerprint density at radius 1 is 1.54 bits per heavy atom. The van der Waals surface area contributed by atoms with Crippen LogP contribution in [0.25, 0.3) is 0 Å². The molecule has 0 aromatic rings. The molecule has 2 unspecified atom stereocenters. The highest BCUT2D eigenvalue weighted by molar-refractivity contribution is 5.74. The lowest BCUT2D eigenvalue weighted by atomic mass is 9.64. The summed E-state index contributed by atoms with van der Waals surface area (Å²) >= 11 is 0. The first-order valence-corrected chi connectivity index (χ1v) is 4.53. The second-order valence-corrected chi connectivity index (χ2v) is 4.06. The van der Waals surface area contributed by atoms with Gasteiger partial charge in [0.2, 0.25) is 0 Å². The smallest absolute Gasteiger partial charge is 0.314 e. The molecule has 0 bridgehead atoms. The third-order valence-electron chi connectivity index (χ3n) is 2.99. The minimum absolute atomic E-state index is 0.0429. The van der Waals surface area contributed by atoms with Crippen LogP contribution in [0.15, 0.2) is 0 Å². The van der Waals surface area contributed by atoms with Crippen LogP contribution in [0.3, 0.4) is 0 Å². The van der Waals surface area contributed by atoms with Crippen molar-refractivity contribution in [2.75, 3.05) is 14.2 Å². The summed E-state index contributed by atoms with van der Waals surface area (Å²) in [6, 6.07) is 0.102. The van der Waals surface area contributed by atoms with Crippen molar-refractivity contribution in [1.82, 2.24) is 10.6 Å². The lowest BCUT2D eigenvalue weighted by Crippen LogP contribution is -2.62. The number of carbonyl (C=O) groups is 1. The normalized spacial score (nSPS) is 30.5. The summed E-state index contributed by atoms with van der Waals surface area (Å²) in [6.07, 6.45) is 1.16. The van der Waals surface area contributed by atoms with E-state index in [1.165, 1.54) is 0 Å². The highest BCUT2D eigenvalue weighted by Gasteiger charge is 2.49. The third kappa shape index (κ3) is 1.77. The van der Waals surface area contributed by atoms with Gasteiger partial charge in [0.15, 0.2) is 0 Å². The maximum Gasteiger partial charge on any atom is 0.314 e. The van der Waals surface area contributed by atoms with Crippen molar-refractivity contribution in [2.24, 2.45) is 5.41 Å². The van der Waals surface area contributed by atoms with Crippen LogP contribution in [-0.4, -0.2) is 32.3 Å². The Morgan fingerprint density at radius 3 is 2.54 bits per heavy atom. The largest absolute Gasteiger partial charge is 0.381 e. The number of ether oxygens (including phenoxy) is 1. The van der Waals surface area contributed by atoms with Crippen molar-refractivity contribution in [3.8, 4) is 0 Å². The minimum Gasteiger partial charge on any atom is -0.381 e. The van der Waals surface area contributed by atoms with Gasteiger partial charge in [-0.1, -0.05) is 13.8 Å². The summed E-state index contributed by atoms with van der Waals surface area (Å²) in [7, 11) is 3.33. The van der Waals surface area contributed by atoms with E-state index in [4.69, 9.17) is 4.74 Å². The Hall–Kier alpha value is -0.770. The molecule has 13 heavy (non-hydrogen) atoms. The zero-order chi connectivity index (χ0) is 10.1. The summed E-state index contributed by atoms with van der Waals surface area (Å²) in [5.74, 6) is 0. The van der Waals surface area contributed by atoms with E-state index in [2.05, 4.69) is 24.5 Å². The van der Waals surface area contributed by atoms with E-state index in [1.54, 1.807) is 14.2 Å². The summed E-state index contributed by atoms with van der Waals surface area (Å²) in [5.41, 5.74) is 0.0429. The SMILES string of the molecule is CNC(=O)NC1CC(OC)C1(C)C. The summed E-state index contributed by atoms with van der Waals surface area (Å²) in [5, 5.41) is 5.43. The monoisotopic (exact) mass is 186 g/mol. The fourth-order valence-electron chi connectivity index (χ4n) is 1.76. The summed E-state index contributed by atoms with van der Waals surface area (Å²) in [4.78, 5) is 11.0. The van der Waals surface area contributed by atoms with Crippen molar-refractivity contribution in [3.63, 3.8) is 0 Å². The van der Waals surface area contributed by atoms with Crippen LogP contribution in [0.4, 0.5) is 4.79 Å². The van der Waals surface area contributed by atoms with E-state index in [-0.39, 0.29) is 23.6 Å². The van der Waals surface area contributed by atoms with Crippen LogP contribution in [0, 0.1) is 5.41 Å². The van der Waals surface area contributed by atoms with Gasteiger partial charge in [-0.25, -0.2) is 4.79 Å². The van der Waals surface area contributed by atoms with Gasteiger partial charge in [-0.15, -0.1) is 0 Å². The number of rotatable bonds is 2. The van der Waals surface area contributed by atoms with Gasteiger partial charge in [0, 0.05) is 25.6 Å². The van der Waals surface area contributed by atoms with Crippen LogP contribution < -0.4 is 10.6 Å². The molecule has 0 saturated heterocycles. The van der Waals surface area contributed by atoms with Gasteiger partial charge in [0.05, 0.1) is 6.10 Å². The highest BCUT2D eigenvalue weighted by Crippen LogP contribution is 2.42. The molecule has 2 N–H and O–H groups in total. The van der Waals surface area contributed by atoms with Crippen LogP contribution >= 0.6 is 0 Å². The van der Waals surface area contributed by atoms with Crippen molar-refractivity contribution in [2.45, 2.75) is 32.4 Å². The van der Waals surface area contributed by atoms with Crippen molar-refractivity contribution < 1.29 is 9.53 Å². The second kappa shape index (κ2) is 3.54. The van der Waals surface area contributed by atoms with E-state index in [9.17, 15) is 4.79 Å². The molecule has 2 amide bonds. The fraction of sp³-hybridized carbons (Fsp3) is 0.889. The van der Waals surface area contributed by atoms with Crippen LogP contribution in [0.5, 0.6) is 0 Å². The van der Waals surface area contributed by atoms with E-state index in [0.717, 1.165) is 6.42 Å². The summed E-state index contributed by atoms with van der Waals surface area (Å²) in [6.45, 7) is 4.20. The number of amides is 2. The molecule has 76 valence electrons. The number of hydrogen-bond donors (Lipinski definition) is 2. The Kier molecular flexibility index (Phi) is 2.81. The van der Waals surface area contributed by atoms with Crippen LogP contribution in [0.2, 0.25) is 0 Å². The van der Waals surface area contributed by atoms with Crippen molar-refractivity contribution in [3.05, 3.63) is 0 Å². The zero-order valence-corrected chi connectivity index (χ0v) is 8.68. The van der Waals surface area contributed by atoms with Gasteiger partial charge in [0.25, 0.3) is 0 Å². The van der Waals surface area contributed by atoms with E-state index in [1.807, 2.05) is 0 Å². The molecule has 1 rings (SSSR count). The Balaban J connectivity index is 2.44. The molecular weight excluding hydrogens is 168 g/mol. The van der Waals surface area contributed by atoms with Gasteiger partial charge in [0.1, 0.15) is 0 Å². The van der Waals surface area contributed by atoms with Gasteiger partial charge < -0.3 is 15.4 Å². The molecule has 1 aliphatic carbocycles. The number of methoxy groups -OCH3 is 1. The number of urea groups is 1. The lowest BCUT2D eigenvalue weighted by molar-refractivity contribution is -0.0934. The molecule has 4 heteroatoms. The van der Waals surface area contributed by atoms with Crippen LogP contribution in [0.1, 0.15) is 20.3 Å². The maximum absolute atomic E-state index is 11.0. The molecule has 0 aliphatic heterocycles. The Morgan fingerprint density at radius 2 is 2.15 bits per heavy atom. The molecule has 0 spiro atoms. The number of nitrogens with one attached hydrogen (secondary N) is 2. The van der Waals surface area contributed by atoms with Gasteiger partial charge >= 0.3 is 6.03 Å². The van der Waals surface area contributed by atoms with Gasteiger partial charge in [-0.05, 0) is 6.42 Å². The van der Waals surface area contributed by atoms with E-state index in [0.29, 0.717) is 0 Å². The van der Waals surface area contributed by atoms with E-state index < -0.39 is 0 Å².